The van der Waals surface area contributed by atoms with Gasteiger partial charge in [0.1, 0.15) is 16.6 Å². The van der Waals surface area contributed by atoms with Crippen molar-refractivity contribution in [1.29, 1.82) is 0 Å². The quantitative estimate of drug-likeness (QED) is 0.698. The van der Waals surface area contributed by atoms with Crippen LogP contribution in [-0.4, -0.2) is 20.9 Å². The van der Waals surface area contributed by atoms with Gasteiger partial charge in [-0.2, -0.15) is 0 Å². The molecule has 3 aromatic rings. The molecular weight excluding hydrogens is 315 g/mol. The van der Waals surface area contributed by atoms with Gasteiger partial charge in [-0.3, -0.25) is 0 Å². The minimum atomic E-state index is -0.286. The van der Waals surface area contributed by atoms with E-state index in [4.69, 9.17) is 4.52 Å². The minimum absolute atomic E-state index is 0.286. The Morgan fingerprint density at radius 1 is 1.22 bits per heavy atom. The van der Waals surface area contributed by atoms with Crippen LogP contribution >= 0.6 is 11.8 Å². The van der Waals surface area contributed by atoms with Crippen molar-refractivity contribution >= 4 is 23.4 Å². The van der Waals surface area contributed by atoms with Gasteiger partial charge in [0.2, 0.25) is 5.95 Å². The van der Waals surface area contributed by atoms with Crippen LogP contribution in [0.25, 0.3) is 11.3 Å². The fourth-order valence-electron chi connectivity index (χ4n) is 2.10. The molecule has 1 aromatic carbocycles. The van der Waals surface area contributed by atoms with Crippen molar-refractivity contribution in [3.63, 3.8) is 0 Å². The second-order valence-electron chi connectivity index (χ2n) is 4.75. The summed E-state index contributed by atoms with van der Waals surface area (Å²) in [5.41, 5.74) is 2.33. The van der Waals surface area contributed by atoms with E-state index in [1.54, 1.807) is 30.1 Å². The standard InChI is InChI=1S/C16H15FN4OS/c1-3-23-15-14(10(2)22-21-15)13-8-9-18-16(20-13)19-12-6-4-11(17)5-7-12/h4-9H,3H2,1-2H3,(H,18,19,20). The molecule has 2 heterocycles. The number of nitrogens with zero attached hydrogens (tertiary/aromatic N) is 3. The molecule has 1 N–H and O–H groups in total. The number of nitrogens with one attached hydrogen (secondary N) is 1. The molecule has 0 atom stereocenters. The summed E-state index contributed by atoms with van der Waals surface area (Å²) in [6.07, 6.45) is 1.67. The molecule has 0 unspecified atom stereocenters. The number of benzene rings is 1. The lowest BCUT2D eigenvalue weighted by Crippen LogP contribution is -1.98. The fourth-order valence-corrected chi connectivity index (χ4v) is 2.85. The van der Waals surface area contributed by atoms with Gasteiger partial charge in [-0.05, 0) is 43.0 Å². The third kappa shape index (κ3) is 3.50. The summed E-state index contributed by atoms with van der Waals surface area (Å²) in [4.78, 5) is 8.71. The van der Waals surface area contributed by atoms with Crippen molar-refractivity contribution in [2.45, 2.75) is 18.9 Å². The highest BCUT2D eigenvalue weighted by Gasteiger charge is 2.16. The van der Waals surface area contributed by atoms with Gasteiger partial charge in [0, 0.05) is 11.9 Å². The summed E-state index contributed by atoms with van der Waals surface area (Å²) in [7, 11) is 0. The van der Waals surface area contributed by atoms with Crippen LogP contribution in [0.3, 0.4) is 0 Å². The van der Waals surface area contributed by atoms with Gasteiger partial charge in [-0.15, -0.1) is 11.8 Å². The number of hydrogen-bond acceptors (Lipinski definition) is 6. The number of thioether (sulfide) groups is 1. The lowest BCUT2D eigenvalue weighted by atomic mass is 10.2. The lowest BCUT2D eigenvalue weighted by Gasteiger charge is -2.06. The molecule has 0 aliphatic rings. The number of anilines is 2. The number of aromatic nitrogens is 3. The van der Waals surface area contributed by atoms with Gasteiger partial charge in [-0.25, -0.2) is 14.4 Å². The normalized spacial score (nSPS) is 10.7. The summed E-state index contributed by atoms with van der Waals surface area (Å²) in [6, 6.07) is 7.84. The maximum absolute atomic E-state index is 13.0. The summed E-state index contributed by atoms with van der Waals surface area (Å²) in [5.74, 6) is 1.76. The number of halogens is 1. The zero-order valence-electron chi connectivity index (χ0n) is 12.7. The van der Waals surface area contributed by atoms with E-state index < -0.39 is 0 Å². The van der Waals surface area contributed by atoms with E-state index in [9.17, 15) is 4.39 Å². The van der Waals surface area contributed by atoms with E-state index in [0.29, 0.717) is 17.4 Å². The molecule has 0 saturated heterocycles. The molecule has 3 rings (SSSR count). The predicted octanol–water partition coefficient (Wildman–Crippen LogP) is 4.43. The number of aryl methyl sites for hydroxylation is 1. The zero-order valence-corrected chi connectivity index (χ0v) is 13.5. The molecule has 0 radical (unpaired) electrons. The van der Waals surface area contributed by atoms with Gasteiger partial charge in [-0.1, -0.05) is 12.1 Å². The Morgan fingerprint density at radius 3 is 2.74 bits per heavy atom. The van der Waals surface area contributed by atoms with Gasteiger partial charge in [0.05, 0.1) is 11.3 Å². The molecule has 118 valence electrons. The van der Waals surface area contributed by atoms with Gasteiger partial charge in [0.25, 0.3) is 0 Å². The molecule has 0 saturated carbocycles. The average molecular weight is 330 g/mol. The summed E-state index contributed by atoms with van der Waals surface area (Å²) >= 11 is 1.60. The van der Waals surface area contributed by atoms with Crippen LogP contribution in [0.15, 0.2) is 46.1 Å². The fraction of sp³-hybridized carbons (Fsp3) is 0.188. The topological polar surface area (TPSA) is 63.8 Å². The van der Waals surface area contributed by atoms with Gasteiger partial charge >= 0.3 is 0 Å². The predicted molar refractivity (Wildman–Crippen MR) is 88.3 cm³/mol. The van der Waals surface area contributed by atoms with Crippen molar-refractivity contribution in [2.24, 2.45) is 0 Å². The van der Waals surface area contributed by atoms with Crippen LogP contribution in [-0.2, 0) is 0 Å². The summed E-state index contributed by atoms with van der Waals surface area (Å²) in [6.45, 7) is 3.91. The molecule has 0 bridgehead atoms. The molecular formula is C16H15FN4OS. The molecule has 0 spiro atoms. The lowest BCUT2D eigenvalue weighted by molar-refractivity contribution is 0.384. The molecule has 7 heteroatoms. The van der Waals surface area contributed by atoms with E-state index in [1.165, 1.54) is 12.1 Å². The first-order valence-electron chi connectivity index (χ1n) is 7.12. The van der Waals surface area contributed by atoms with Gasteiger partial charge < -0.3 is 9.84 Å². The second kappa shape index (κ2) is 6.78. The monoisotopic (exact) mass is 330 g/mol. The van der Waals surface area contributed by atoms with Crippen molar-refractivity contribution in [3.05, 3.63) is 48.1 Å². The minimum Gasteiger partial charge on any atom is -0.360 e. The summed E-state index contributed by atoms with van der Waals surface area (Å²) < 4.78 is 18.2. The van der Waals surface area contributed by atoms with E-state index in [0.717, 1.165) is 22.0 Å². The van der Waals surface area contributed by atoms with E-state index in [1.807, 2.05) is 13.0 Å². The van der Waals surface area contributed by atoms with Crippen LogP contribution in [0.2, 0.25) is 0 Å². The molecule has 0 aliphatic heterocycles. The number of rotatable bonds is 5. The van der Waals surface area contributed by atoms with E-state index in [2.05, 4.69) is 27.4 Å². The van der Waals surface area contributed by atoms with E-state index in [-0.39, 0.29) is 5.82 Å². The first-order valence-corrected chi connectivity index (χ1v) is 8.11. The zero-order chi connectivity index (χ0) is 16.2. The molecule has 0 amide bonds. The molecule has 5 nitrogen and oxygen atoms in total. The van der Waals surface area contributed by atoms with Crippen LogP contribution < -0.4 is 5.32 Å². The Kier molecular flexibility index (Phi) is 4.57. The highest BCUT2D eigenvalue weighted by molar-refractivity contribution is 7.99. The third-order valence-electron chi connectivity index (χ3n) is 3.12. The van der Waals surface area contributed by atoms with Gasteiger partial charge in [0.15, 0.2) is 0 Å². The highest BCUT2D eigenvalue weighted by Crippen LogP contribution is 2.32. The van der Waals surface area contributed by atoms with Crippen molar-refractivity contribution in [3.8, 4) is 11.3 Å². The SMILES string of the molecule is CCSc1noc(C)c1-c1ccnc(Nc2ccc(F)cc2)n1. The Labute approximate surface area is 137 Å². The molecule has 0 aliphatic carbocycles. The van der Waals surface area contributed by atoms with Crippen molar-refractivity contribution < 1.29 is 8.91 Å². The Balaban J connectivity index is 1.91. The van der Waals surface area contributed by atoms with Crippen LogP contribution in [0.4, 0.5) is 16.0 Å². The maximum Gasteiger partial charge on any atom is 0.227 e. The second-order valence-corrected chi connectivity index (χ2v) is 6.00. The highest BCUT2D eigenvalue weighted by atomic mass is 32.2. The molecule has 0 fully saturated rings. The number of hydrogen-bond donors (Lipinski definition) is 1. The smallest absolute Gasteiger partial charge is 0.227 e. The van der Waals surface area contributed by atoms with Crippen LogP contribution in [0, 0.1) is 12.7 Å². The molecule has 2 aromatic heterocycles. The molecule has 23 heavy (non-hydrogen) atoms. The third-order valence-corrected chi connectivity index (χ3v) is 3.97. The Hall–Kier alpha value is -2.41. The van der Waals surface area contributed by atoms with Crippen LogP contribution in [0.5, 0.6) is 0 Å². The van der Waals surface area contributed by atoms with Crippen molar-refractivity contribution in [2.75, 3.05) is 11.1 Å². The van der Waals surface area contributed by atoms with Crippen LogP contribution in [0.1, 0.15) is 12.7 Å². The Morgan fingerprint density at radius 2 is 2.00 bits per heavy atom. The first-order chi connectivity index (χ1) is 11.2. The average Bonchev–Trinajstić information content (AvgIpc) is 2.91. The van der Waals surface area contributed by atoms with Crippen molar-refractivity contribution in [1.82, 2.24) is 15.1 Å². The summed E-state index contributed by atoms with van der Waals surface area (Å²) in [5, 5.41) is 7.94. The maximum atomic E-state index is 13.0. The largest absolute Gasteiger partial charge is 0.360 e. The van der Waals surface area contributed by atoms with E-state index >= 15 is 0 Å². The Bertz CT molecular complexity index is 804. The first kappa shape index (κ1) is 15.5.